The number of carboxylic acids is 2. The number of benzene rings is 1. The van der Waals surface area contributed by atoms with Crippen molar-refractivity contribution in [2.45, 2.75) is 38.6 Å². The number of aliphatic hydroxyl groups is 1. The molecule has 3 atom stereocenters. The summed E-state index contributed by atoms with van der Waals surface area (Å²) in [6, 6.07) is 7.56. The van der Waals surface area contributed by atoms with Crippen LogP contribution in [-0.2, 0) is 20.8 Å². The summed E-state index contributed by atoms with van der Waals surface area (Å²) in [5, 5.41) is 35.2. The molecule has 0 bridgehead atoms. The minimum absolute atomic E-state index is 0.0688. The zero-order valence-corrected chi connectivity index (χ0v) is 19.4. The van der Waals surface area contributed by atoms with Crippen LogP contribution in [0.5, 0.6) is 5.75 Å². The van der Waals surface area contributed by atoms with E-state index in [0.717, 1.165) is 0 Å². The quantitative estimate of drug-likeness (QED) is 0.119. The molecule has 0 fully saturated rings. The maximum Gasteiger partial charge on any atom is 0.490 e. The molecule has 1 aromatic carbocycles. The highest BCUT2D eigenvalue weighted by atomic mass is 19.4. The Morgan fingerprint density at radius 1 is 1.08 bits per heavy atom. The van der Waals surface area contributed by atoms with Gasteiger partial charge < -0.3 is 35.5 Å². The van der Waals surface area contributed by atoms with E-state index in [9.17, 15) is 32.7 Å². The molecular weight excluding hydrogens is 507 g/mol. The largest absolute Gasteiger partial charge is 0.490 e. The van der Waals surface area contributed by atoms with Crippen LogP contribution in [0.15, 0.2) is 40.8 Å². The predicted molar refractivity (Wildman–Crippen MR) is 119 cm³/mol. The van der Waals surface area contributed by atoms with Crippen molar-refractivity contribution in [3.05, 3.63) is 53.5 Å². The highest BCUT2D eigenvalue weighted by molar-refractivity contribution is 5.95. The maximum atomic E-state index is 12.2. The standard InChI is InChI=1S/C20H23N3O7.C2HF3O2/c1-10(18(25)23-16(11(2)24)19(26)27)9-14-7-8-15(29-14)20(28)30-13-5-3-12(4-6-13)17(21)22;3-2(4,5)1(6)7/h3-8,10-11,16,24H,9H2,1-2H3,(H3,21,22)(H,23,25)(H,26,27);(H,6,7)/t10?,11?,16-;/m0./s1. The maximum absolute atomic E-state index is 12.2. The molecule has 7 N–H and O–H groups in total. The number of amidine groups is 1. The van der Waals surface area contributed by atoms with Gasteiger partial charge in [0.05, 0.1) is 6.10 Å². The Morgan fingerprint density at radius 3 is 2.05 bits per heavy atom. The molecule has 2 aromatic rings. The zero-order chi connectivity index (χ0) is 28.5. The normalized spacial score (nSPS) is 13.2. The van der Waals surface area contributed by atoms with Crippen LogP contribution in [-0.4, -0.2) is 63.3 Å². The summed E-state index contributed by atoms with van der Waals surface area (Å²) in [6.45, 7) is 2.83. The van der Waals surface area contributed by atoms with Crippen molar-refractivity contribution in [1.29, 1.82) is 5.41 Å². The van der Waals surface area contributed by atoms with Crippen LogP contribution in [0.1, 0.15) is 35.7 Å². The molecule has 15 heteroatoms. The molecule has 37 heavy (non-hydrogen) atoms. The van der Waals surface area contributed by atoms with Gasteiger partial charge in [0.1, 0.15) is 17.3 Å². The number of carbonyl (C=O) groups excluding carboxylic acids is 2. The first kappa shape index (κ1) is 30.6. The molecule has 12 nitrogen and oxygen atoms in total. The van der Waals surface area contributed by atoms with Gasteiger partial charge >= 0.3 is 24.1 Å². The van der Waals surface area contributed by atoms with Gasteiger partial charge in [-0.3, -0.25) is 10.2 Å². The second-order valence-corrected chi connectivity index (χ2v) is 7.57. The minimum Gasteiger partial charge on any atom is -0.480 e. The van der Waals surface area contributed by atoms with Crippen LogP contribution in [0.3, 0.4) is 0 Å². The van der Waals surface area contributed by atoms with E-state index in [1.54, 1.807) is 6.92 Å². The first-order valence-corrected chi connectivity index (χ1v) is 10.3. The summed E-state index contributed by atoms with van der Waals surface area (Å²) in [4.78, 5) is 44.4. The van der Waals surface area contributed by atoms with Crippen LogP contribution >= 0.6 is 0 Å². The Kier molecular flexibility index (Phi) is 10.8. The summed E-state index contributed by atoms with van der Waals surface area (Å²) in [5.41, 5.74) is 5.86. The number of ether oxygens (including phenoxy) is 1. The average Bonchev–Trinajstić information content (AvgIpc) is 3.25. The summed E-state index contributed by atoms with van der Waals surface area (Å²) in [6.07, 6.45) is -6.23. The molecule has 0 aliphatic heterocycles. The smallest absolute Gasteiger partial charge is 0.480 e. The molecule has 1 aromatic heterocycles. The average molecular weight is 531 g/mol. The number of carboxylic acid groups (broad SMARTS) is 2. The number of nitrogen functional groups attached to an aromatic ring is 1. The number of hydrogen-bond donors (Lipinski definition) is 6. The number of aliphatic hydroxyl groups excluding tert-OH is 1. The van der Waals surface area contributed by atoms with E-state index in [1.165, 1.54) is 43.3 Å². The number of halogens is 3. The van der Waals surface area contributed by atoms with E-state index in [0.29, 0.717) is 11.3 Å². The van der Waals surface area contributed by atoms with Crippen molar-refractivity contribution in [3.8, 4) is 5.75 Å². The van der Waals surface area contributed by atoms with Crippen LogP contribution in [0.2, 0.25) is 0 Å². The van der Waals surface area contributed by atoms with Crippen molar-refractivity contribution in [1.82, 2.24) is 5.32 Å². The molecule has 1 heterocycles. The predicted octanol–water partition coefficient (Wildman–Crippen LogP) is 1.54. The number of furan rings is 1. The number of amides is 1. The van der Waals surface area contributed by atoms with E-state index in [2.05, 4.69) is 5.32 Å². The third kappa shape index (κ3) is 10.0. The monoisotopic (exact) mass is 531 g/mol. The summed E-state index contributed by atoms with van der Waals surface area (Å²) in [7, 11) is 0. The first-order valence-electron chi connectivity index (χ1n) is 10.3. The van der Waals surface area contributed by atoms with Gasteiger partial charge in [0.25, 0.3) is 0 Å². The first-order chi connectivity index (χ1) is 17.0. The lowest BCUT2D eigenvalue weighted by Crippen LogP contribution is -2.49. The van der Waals surface area contributed by atoms with Gasteiger partial charge in [-0.15, -0.1) is 0 Å². The van der Waals surface area contributed by atoms with Gasteiger partial charge in [-0.05, 0) is 43.3 Å². The number of hydrogen-bond acceptors (Lipinski definition) is 8. The SMILES string of the molecule is CC(Cc1ccc(C(=O)Oc2ccc(C(=N)N)cc2)o1)C(=O)N[C@H](C(=O)O)C(C)O.O=C(O)C(F)(F)F. The molecule has 0 spiro atoms. The van der Waals surface area contributed by atoms with Crippen molar-refractivity contribution >= 4 is 29.7 Å². The molecule has 0 saturated heterocycles. The van der Waals surface area contributed by atoms with Crippen molar-refractivity contribution in [2.24, 2.45) is 11.7 Å². The van der Waals surface area contributed by atoms with Gasteiger partial charge in [0.2, 0.25) is 11.7 Å². The van der Waals surface area contributed by atoms with Crippen LogP contribution in [0, 0.1) is 11.3 Å². The molecule has 2 unspecified atom stereocenters. The van der Waals surface area contributed by atoms with E-state index in [-0.39, 0.29) is 23.8 Å². The van der Waals surface area contributed by atoms with Crippen molar-refractivity contribution in [3.63, 3.8) is 0 Å². The van der Waals surface area contributed by atoms with Crippen LogP contribution in [0.4, 0.5) is 13.2 Å². The Hall–Kier alpha value is -4.40. The third-order valence-corrected chi connectivity index (χ3v) is 4.48. The second kappa shape index (κ2) is 13.1. The van der Waals surface area contributed by atoms with E-state index in [4.69, 9.17) is 35.3 Å². The minimum atomic E-state index is -5.08. The van der Waals surface area contributed by atoms with E-state index >= 15 is 0 Å². The molecule has 202 valence electrons. The Labute approximate surface area is 207 Å². The van der Waals surface area contributed by atoms with Crippen molar-refractivity contribution < 1.29 is 56.8 Å². The summed E-state index contributed by atoms with van der Waals surface area (Å²) >= 11 is 0. The van der Waals surface area contributed by atoms with Crippen LogP contribution < -0.4 is 15.8 Å². The Morgan fingerprint density at radius 2 is 1.62 bits per heavy atom. The number of alkyl halides is 3. The number of rotatable bonds is 9. The van der Waals surface area contributed by atoms with Crippen molar-refractivity contribution in [2.75, 3.05) is 0 Å². The highest BCUT2D eigenvalue weighted by Crippen LogP contribution is 2.18. The van der Waals surface area contributed by atoms with Crippen LogP contribution in [0.25, 0.3) is 0 Å². The summed E-state index contributed by atoms with van der Waals surface area (Å²) in [5.74, 6) is -5.68. The molecule has 1 amide bonds. The van der Waals surface area contributed by atoms with Gasteiger partial charge in [-0.1, -0.05) is 6.92 Å². The topological polar surface area (TPSA) is 213 Å². The lowest BCUT2D eigenvalue weighted by atomic mass is 10.0. The Bertz CT molecular complexity index is 1130. The van der Waals surface area contributed by atoms with E-state index < -0.39 is 48.1 Å². The molecule has 2 rings (SSSR count). The lowest BCUT2D eigenvalue weighted by molar-refractivity contribution is -0.192. The zero-order valence-electron chi connectivity index (χ0n) is 19.4. The fraction of sp³-hybridized carbons (Fsp3) is 0.318. The molecule has 0 radical (unpaired) electrons. The number of nitrogens with two attached hydrogens (primary N) is 1. The second-order valence-electron chi connectivity index (χ2n) is 7.57. The fourth-order valence-corrected chi connectivity index (χ4v) is 2.54. The number of esters is 1. The summed E-state index contributed by atoms with van der Waals surface area (Å²) < 4.78 is 42.4. The van der Waals surface area contributed by atoms with E-state index in [1.807, 2.05) is 0 Å². The molecular formula is C22H24F3N3O9. The number of nitrogens with one attached hydrogen (secondary N) is 2. The fourth-order valence-electron chi connectivity index (χ4n) is 2.54. The lowest BCUT2D eigenvalue weighted by Gasteiger charge is -2.19. The van der Waals surface area contributed by atoms with Gasteiger partial charge in [-0.2, -0.15) is 13.2 Å². The third-order valence-electron chi connectivity index (χ3n) is 4.48. The molecule has 0 saturated carbocycles. The highest BCUT2D eigenvalue weighted by Gasteiger charge is 2.38. The molecule has 0 aliphatic rings. The van der Waals surface area contributed by atoms with Gasteiger partial charge in [-0.25, -0.2) is 14.4 Å². The Balaban J connectivity index is 0.000000856. The number of aliphatic carboxylic acids is 2. The van der Waals surface area contributed by atoms with Gasteiger partial charge in [0, 0.05) is 17.9 Å². The van der Waals surface area contributed by atoms with Gasteiger partial charge in [0.15, 0.2) is 6.04 Å². The number of carbonyl (C=O) groups is 4. The molecule has 0 aliphatic carbocycles.